The SMILES string of the molecule is CCCN(CC1CC1)c1ccc(C(F)(F)F)cc1CN(Cc1cc(C#N)cc(C(F)(F)F)c1)c1ncc(OCCCC(=O)OCC)cn1. The zero-order chi connectivity index (χ0) is 34.9. The summed E-state index contributed by atoms with van der Waals surface area (Å²) in [5.41, 5.74) is -1.11. The number of anilines is 2. The molecule has 258 valence electrons. The van der Waals surface area contributed by atoms with E-state index in [1.807, 2.05) is 6.92 Å². The van der Waals surface area contributed by atoms with Crippen LogP contribution in [0.5, 0.6) is 5.75 Å². The van der Waals surface area contributed by atoms with E-state index in [9.17, 15) is 36.4 Å². The highest BCUT2D eigenvalue weighted by Gasteiger charge is 2.34. The molecule has 0 spiro atoms. The van der Waals surface area contributed by atoms with Crippen molar-refractivity contribution in [2.75, 3.05) is 36.1 Å². The number of esters is 1. The summed E-state index contributed by atoms with van der Waals surface area (Å²) in [5.74, 6) is 0.357. The molecule has 1 aromatic heterocycles. The number of nitriles is 1. The Balaban J connectivity index is 1.70. The van der Waals surface area contributed by atoms with Gasteiger partial charge < -0.3 is 19.3 Å². The molecule has 0 bridgehead atoms. The van der Waals surface area contributed by atoms with E-state index in [1.54, 1.807) is 13.0 Å². The molecule has 14 heteroatoms. The van der Waals surface area contributed by atoms with Crippen LogP contribution in [0.2, 0.25) is 0 Å². The van der Waals surface area contributed by atoms with Gasteiger partial charge in [-0.3, -0.25) is 4.79 Å². The number of carbonyl (C=O) groups excluding carboxylic acids is 1. The third-order valence-electron chi connectivity index (χ3n) is 7.60. The Morgan fingerprint density at radius 3 is 2.27 bits per heavy atom. The second-order valence-electron chi connectivity index (χ2n) is 11.6. The summed E-state index contributed by atoms with van der Waals surface area (Å²) in [7, 11) is 0. The average molecular weight is 678 g/mol. The minimum absolute atomic E-state index is 0.0254. The highest BCUT2D eigenvalue weighted by molar-refractivity contribution is 5.69. The molecule has 3 aromatic rings. The van der Waals surface area contributed by atoms with Crippen LogP contribution in [0.4, 0.5) is 38.0 Å². The molecular weight excluding hydrogens is 640 g/mol. The fraction of sp³-hybridized carbons (Fsp3) is 0.471. The Hall–Kier alpha value is -4.54. The van der Waals surface area contributed by atoms with Crippen LogP contribution in [0.3, 0.4) is 0 Å². The van der Waals surface area contributed by atoms with E-state index in [2.05, 4.69) is 14.9 Å². The molecule has 8 nitrogen and oxygen atoms in total. The average Bonchev–Trinajstić information content (AvgIpc) is 3.86. The lowest BCUT2D eigenvalue weighted by atomic mass is 10.0. The van der Waals surface area contributed by atoms with Gasteiger partial charge in [0.15, 0.2) is 5.75 Å². The number of hydrogen-bond donors (Lipinski definition) is 0. The number of aromatic nitrogens is 2. The standard InChI is InChI=1S/C34H37F6N5O3/c1-3-11-44(20-23-7-8-23)30-10-9-27(33(35,36)37)16-26(30)22-45(21-25-13-24(17-41)14-28(15-25)34(38,39)40)32-42-18-29(19-43-32)48-12-5-6-31(46)47-4-2/h9-10,13-16,18-19,23H,3-8,11-12,20-22H2,1-2H3. The van der Waals surface area contributed by atoms with Crippen molar-refractivity contribution in [2.24, 2.45) is 5.92 Å². The minimum Gasteiger partial charge on any atom is -0.490 e. The minimum atomic E-state index is -4.73. The third-order valence-corrected chi connectivity index (χ3v) is 7.60. The first-order valence-electron chi connectivity index (χ1n) is 15.7. The Kier molecular flexibility index (Phi) is 12.1. The number of nitrogens with zero attached hydrogens (tertiary/aromatic N) is 5. The maximum Gasteiger partial charge on any atom is 0.416 e. The molecule has 0 saturated heterocycles. The van der Waals surface area contributed by atoms with E-state index < -0.39 is 23.5 Å². The lowest BCUT2D eigenvalue weighted by molar-refractivity contribution is -0.143. The molecule has 0 radical (unpaired) electrons. The molecule has 1 saturated carbocycles. The van der Waals surface area contributed by atoms with Crippen LogP contribution in [0, 0.1) is 17.2 Å². The van der Waals surface area contributed by atoms with Gasteiger partial charge in [0, 0.05) is 38.3 Å². The topological polar surface area (TPSA) is 91.6 Å². The predicted molar refractivity (Wildman–Crippen MR) is 166 cm³/mol. The van der Waals surface area contributed by atoms with Gasteiger partial charge in [-0.05, 0) is 86.1 Å². The molecule has 0 aliphatic heterocycles. The third kappa shape index (κ3) is 10.5. The lowest BCUT2D eigenvalue weighted by Gasteiger charge is -2.30. The van der Waals surface area contributed by atoms with Gasteiger partial charge in [0.2, 0.25) is 5.95 Å². The van der Waals surface area contributed by atoms with Crippen molar-refractivity contribution in [3.8, 4) is 11.8 Å². The summed E-state index contributed by atoms with van der Waals surface area (Å²) in [4.78, 5) is 23.8. The zero-order valence-electron chi connectivity index (χ0n) is 26.7. The van der Waals surface area contributed by atoms with Crippen molar-refractivity contribution in [3.05, 3.63) is 76.6 Å². The van der Waals surface area contributed by atoms with Crippen LogP contribution < -0.4 is 14.5 Å². The molecular formula is C34H37F6N5O3. The smallest absolute Gasteiger partial charge is 0.416 e. The molecule has 1 aliphatic rings. The first-order chi connectivity index (χ1) is 22.8. The molecule has 4 rings (SSSR count). The normalized spacial score (nSPS) is 13.1. The van der Waals surface area contributed by atoms with Crippen LogP contribution in [0.1, 0.15) is 73.8 Å². The number of carbonyl (C=O) groups is 1. The van der Waals surface area contributed by atoms with Crippen LogP contribution in [0.25, 0.3) is 0 Å². The maximum atomic E-state index is 13.9. The highest BCUT2D eigenvalue weighted by Crippen LogP contribution is 2.37. The lowest BCUT2D eigenvalue weighted by Crippen LogP contribution is -2.30. The van der Waals surface area contributed by atoms with Crippen LogP contribution in [-0.2, 0) is 35.0 Å². The first-order valence-corrected chi connectivity index (χ1v) is 15.7. The van der Waals surface area contributed by atoms with E-state index in [0.717, 1.165) is 43.5 Å². The van der Waals surface area contributed by atoms with Crippen molar-refractivity contribution in [2.45, 2.75) is 71.4 Å². The summed E-state index contributed by atoms with van der Waals surface area (Å²) in [6, 6.07) is 8.23. The summed E-state index contributed by atoms with van der Waals surface area (Å²) < 4.78 is 93.5. The zero-order valence-corrected chi connectivity index (χ0v) is 26.7. The van der Waals surface area contributed by atoms with E-state index in [4.69, 9.17) is 9.47 Å². The fourth-order valence-electron chi connectivity index (χ4n) is 5.21. The molecule has 1 fully saturated rings. The van der Waals surface area contributed by atoms with Gasteiger partial charge in [0.05, 0.1) is 48.4 Å². The first kappa shape index (κ1) is 36.3. The van der Waals surface area contributed by atoms with Crippen molar-refractivity contribution >= 4 is 17.6 Å². The van der Waals surface area contributed by atoms with Gasteiger partial charge in [-0.15, -0.1) is 0 Å². The summed E-state index contributed by atoms with van der Waals surface area (Å²) in [6.07, 6.45) is -3.33. The van der Waals surface area contributed by atoms with Crippen molar-refractivity contribution < 1.29 is 40.6 Å². The monoisotopic (exact) mass is 677 g/mol. The fourth-order valence-corrected chi connectivity index (χ4v) is 5.21. The number of benzene rings is 2. The predicted octanol–water partition coefficient (Wildman–Crippen LogP) is 7.94. The number of ether oxygens (including phenoxy) is 2. The Labute approximate surface area is 275 Å². The quantitative estimate of drug-likeness (QED) is 0.0858. The van der Waals surface area contributed by atoms with Crippen molar-refractivity contribution in [3.63, 3.8) is 0 Å². The molecule has 0 amide bonds. The van der Waals surface area contributed by atoms with Gasteiger partial charge in [-0.1, -0.05) is 6.92 Å². The summed E-state index contributed by atoms with van der Waals surface area (Å²) in [6.45, 7) is 4.96. The van der Waals surface area contributed by atoms with Crippen molar-refractivity contribution in [1.29, 1.82) is 5.26 Å². The molecule has 0 atom stereocenters. The Morgan fingerprint density at radius 1 is 0.958 bits per heavy atom. The largest absolute Gasteiger partial charge is 0.490 e. The summed E-state index contributed by atoms with van der Waals surface area (Å²) in [5, 5.41) is 9.44. The Morgan fingerprint density at radius 2 is 1.67 bits per heavy atom. The van der Waals surface area contributed by atoms with Crippen LogP contribution in [-0.4, -0.2) is 42.2 Å². The van der Waals surface area contributed by atoms with E-state index >= 15 is 0 Å². The van der Waals surface area contributed by atoms with Gasteiger partial charge >= 0.3 is 18.3 Å². The van der Waals surface area contributed by atoms with E-state index in [1.165, 1.54) is 29.4 Å². The van der Waals surface area contributed by atoms with E-state index in [-0.39, 0.29) is 61.5 Å². The number of halogens is 6. The van der Waals surface area contributed by atoms with Gasteiger partial charge in [-0.2, -0.15) is 31.6 Å². The number of alkyl halides is 6. The van der Waals surface area contributed by atoms with Gasteiger partial charge in [0.25, 0.3) is 0 Å². The number of hydrogen-bond acceptors (Lipinski definition) is 8. The molecule has 48 heavy (non-hydrogen) atoms. The highest BCUT2D eigenvalue weighted by atomic mass is 19.4. The van der Waals surface area contributed by atoms with Crippen LogP contribution in [0.15, 0.2) is 48.8 Å². The van der Waals surface area contributed by atoms with Gasteiger partial charge in [-0.25, -0.2) is 9.97 Å². The molecule has 1 heterocycles. The van der Waals surface area contributed by atoms with Crippen molar-refractivity contribution in [1.82, 2.24) is 9.97 Å². The Bertz CT molecular complexity index is 1570. The molecule has 2 aromatic carbocycles. The van der Waals surface area contributed by atoms with Gasteiger partial charge in [0.1, 0.15) is 0 Å². The molecule has 0 unspecified atom stereocenters. The molecule has 0 N–H and O–H groups in total. The maximum absolute atomic E-state index is 13.9. The second kappa shape index (κ2) is 16.0. The van der Waals surface area contributed by atoms with Crippen LogP contribution >= 0.6 is 0 Å². The van der Waals surface area contributed by atoms with E-state index in [0.29, 0.717) is 36.7 Å². The second-order valence-corrected chi connectivity index (χ2v) is 11.6. The molecule has 1 aliphatic carbocycles. The summed E-state index contributed by atoms with van der Waals surface area (Å²) >= 11 is 0. The number of rotatable bonds is 16.